The van der Waals surface area contributed by atoms with Crippen LogP contribution < -0.4 is 0 Å². The van der Waals surface area contributed by atoms with Crippen molar-refractivity contribution in [2.45, 2.75) is 0 Å². The summed E-state index contributed by atoms with van der Waals surface area (Å²) in [5.41, 5.74) is 0. The van der Waals surface area contributed by atoms with Crippen molar-refractivity contribution in [3.63, 3.8) is 0 Å². The van der Waals surface area contributed by atoms with E-state index in [1.165, 1.54) is 0 Å². The van der Waals surface area contributed by atoms with E-state index in [1.54, 1.807) is 0 Å². The molecular formula is C4H10Cl2GeO2. The van der Waals surface area contributed by atoms with Crippen molar-refractivity contribution in [3.8, 4) is 0 Å². The van der Waals surface area contributed by atoms with E-state index in [0.717, 1.165) is 26.4 Å². The first-order chi connectivity index (χ1) is 4.41. The zero-order valence-corrected chi connectivity index (χ0v) is 9.59. The van der Waals surface area contributed by atoms with E-state index >= 15 is 0 Å². The molecule has 1 heterocycles. The van der Waals surface area contributed by atoms with Gasteiger partial charge in [-0.2, -0.15) is 0 Å². The van der Waals surface area contributed by atoms with Gasteiger partial charge in [0.15, 0.2) is 0 Å². The van der Waals surface area contributed by atoms with Gasteiger partial charge < -0.3 is 9.47 Å². The molecule has 0 aromatic rings. The van der Waals surface area contributed by atoms with E-state index in [2.05, 4.69) is 0 Å². The Kier molecular flexibility index (Phi) is 10.1. The summed E-state index contributed by atoms with van der Waals surface area (Å²) in [6.07, 6.45) is 0. The zero-order valence-electron chi connectivity index (χ0n) is 5.11. The number of hydrogen-bond acceptors (Lipinski definition) is 2. The Hall–Kier alpha value is 1.04. The standard InChI is InChI=1S/C4H8O2.Cl2GeH2/c1-2-6-4-3-5-1;1-3-2/h1-4H2;3H2. The second-order valence-electron chi connectivity index (χ2n) is 1.33. The third-order valence-electron chi connectivity index (χ3n) is 0.744. The van der Waals surface area contributed by atoms with Crippen LogP contribution in [0.25, 0.3) is 0 Å². The molecule has 5 heteroatoms. The average molecular weight is 234 g/mol. The number of hydrogen-bond donors (Lipinski definition) is 0. The van der Waals surface area contributed by atoms with Crippen molar-refractivity contribution >= 4 is 33.6 Å². The van der Waals surface area contributed by atoms with Gasteiger partial charge in [0.2, 0.25) is 0 Å². The van der Waals surface area contributed by atoms with Crippen molar-refractivity contribution in [2.75, 3.05) is 26.4 Å². The van der Waals surface area contributed by atoms with Crippen LogP contribution in [-0.2, 0) is 9.47 Å². The summed E-state index contributed by atoms with van der Waals surface area (Å²) in [5.74, 6) is 0. The minimum absolute atomic E-state index is 0.778. The fraction of sp³-hybridized carbons (Fsp3) is 1.00. The van der Waals surface area contributed by atoms with Gasteiger partial charge in [-0.1, -0.05) is 0 Å². The van der Waals surface area contributed by atoms with Crippen molar-refractivity contribution < 1.29 is 9.47 Å². The Labute approximate surface area is 69.6 Å². The van der Waals surface area contributed by atoms with Crippen molar-refractivity contribution in [1.29, 1.82) is 0 Å². The van der Waals surface area contributed by atoms with Crippen molar-refractivity contribution in [3.05, 3.63) is 0 Å². The topological polar surface area (TPSA) is 18.5 Å². The van der Waals surface area contributed by atoms with Crippen LogP contribution >= 0.6 is 20.0 Å². The van der Waals surface area contributed by atoms with E-state index in [0.29, 0.717) is 0 Å². The molecule has 9 heavy (non-hydrogen) atoms. The van der Waals surface area contributed by atoms with Crippen LogP contribution in [0, 0.1) is 0 Å². The molecule has 0 spiro atoms. The molecule has 0 saturated carbocycles. The van der Waals surface area contributed by atoms with Crippen LogP contribution in [0.5, 0.6) is 0 Å². The van der Waals surface area contributed by atoms with E-state index in [9.17, 15) is 0 Å². The van der Waals surface area contributed by atoms with Gasteiger partial charge in [-0.3, -0.25) is 0 Å². The summed E-state index contributed by atoms with van der Waals surface area (Å²) >= 11 is -0.931. The minimum atomic E-state index is -0.931. The first kappa shape index (κ1) is 10.0. The quantitative estimate of drug-likeness (QED) is 0.567. The van der Waals surface area contributed by atoms with Gasteiger partial charge in [0.05, 0.1) is 26.4 Å². The third kappa shape index (κ3) is 9.04. The molecule has 0 aromatic heterocycles. The van der Waals surface area contributed by atoms with Crippen LogP contribution in [-0.4, -0.2) is 40.0 Å². The number of rotatable bonds is 0. The monoisotopic (exact) mass is 234 g/mol. The SMILES string of the molecule is C1COCCO1.[Cl][GeH2][Cl]. The second-order valence-corrected chi connectivity index (χ2v) is 5.95. The summed E-state index contributed by atoms with van der Waals surface area (Å²) in [6.45, 7) is 3.11. The molecule has 2 nitrogen and oxygen atoms in total. The third-order valence-corrected chi connectivity index (χ3v) is 0.744. The Balaban J connectivity index is 0.000000187. The molecule has 0 aliphatic carbocycles. The molecule has 1 aliphatic rings. The Bertz CT molecular complexity index is 40.3. The Morgan fingerprint density at radius 1 is 0.889 bits per heavy atom. The van der Waals surface area contributed by atoms with Gasteiger partial charge in [-0.15, -0.1) is 0 Å². The molecule has 1 rings (SSSR count). The molecule has 0 unspecified atom stereocenters. The summed E-state index contributed by atoms with van der Waals surface area (Å²) in [4.78, 5) is 0. The predicted octanol–water partition coefficient (Wildman–Crippen LogP) is 0.496. The molecule has 0 amide bonds. The number of ether oxygens (including phenoxy) is 2. The van der Waals surface area contributed by atoms with Crippen LogP contribution in [0.3, 0.4) is 0 Å². The normalized spacial score (nSPS) is 18.0. The van der Waals surface area contributed by atoms with Crippen LogP contribution in [0.4, 0.5) is 0 Å². The van der Waals surface area contributed by atoms with Gasteiger partial charge in [0.25, 0.3) is 0 Å². The average Bonchev–Trinajstić information content (AvgIpc) is 1.93. The van der Waals surface area contributed by atoms with E-state index in [1.807, 2.05) is 0 Å². The Morgan fingerprint density at radius 3 is 1.22 bits per heavy atom. The summed E-state index contributed by atoms with van der Waals surface area (Å²) < 4.78 is 9.89. The van der Waals surface area contributed by atoms with Crippen molar-refractivity contribution in [2.24, 2.45) is 0 Å². The molecule has 1 aliphatic heterocycles. The van der Waals surface area contributed by atoms with Gasteiger partial charge in [-0.05, 0) is 0 Å². The zero-order chi connectivity index (χ0) is 6.95. The fourth-order valence-electron chi connectivity index (χ4n) is 0.440. The molecule has 0 atom stereocenters. The maximum absolute atomic E-state index is 4.95. The number of halogens is 2. The molecule has 56 valence electrons. The first-order valence-corrected chi connectivity index (χ1v) is 10.5. The van der Waals surface area contributed by atoms with E-state index in [-0.39, 0.29) is 0 Å². The molecule has 1 fully saturated rings. The second kappa shape index (κ2) is 9.04. The van der Waals surface area contributed by atoms with Gasteiger partial charge in [0, 0.05) is 0 Å². The van der Waals surface area contributed by atoms with Crippen LogP contribution in [0.1, 0.15) is 0 Å². The van der Waals surface area contributed by atoms with Crippen molar-refractivity contribution in [1.82, 2.24) is 0 Å². The van der Waals surface area contributed by atoms with Gasteiger partial charge >= 0.3 is 33.6 Å². The molecule has 0 N–H and O–H groups in total. The summed E-state index contributed by atoms with van der Waals surface area (Å²) in [6, 6.07) is 0. The van der Waals surface area contributed by atoms with Gasteiger partial charge in [0.1, 0.15) is 0 Å². The summed E-state index contributed by atoms with van der Waals surface area (Å²) in [7, 11) is 9.90. The molecule has 0 radical (unpaired) electrons. The summed E-state index contributed by atoms with van der Waals surface area (Å²) in [5, 5.41) is 0. The van der Waals surface area contributed by atoms with Crippen LogP contribution in [0.15, 0.2) is 0 Å². The fourth-order valence-corrected chi connectivity index (χ4v) is 0.440. The Morgan fingerprint density at radius 2 is 1.11 bits per heavy atom. The van der Waals surface area contributed by atoms with E-state index < -0.39 is 13.6 Å². The van der Waals surface area contributed by atoms with Crippen LogP contribution in [0.2, 0.25) is 0 Å². The maximum atomic E-state index is 4.95. The molecule has 0 aromatic carbocycles. The first-order valence-electron chi connectivity index (χ1n) is 2.69. The molecule has 1 saturated heterocycles. The molecular weight excluding hydrogens is 224 g/mol. The predicted molar refractivity (Wildman–Crippen MR) is 41.9 cm³/mol. The van der Waals surface area contributed by atoms with E-state index in [4.69, 9.17) is 29.5 Å². The molecule has 0 bridgehead atoms. The van der Waals surface area contributed by atoms with Gasteiger partial charge in [-0.25, -0.2) is 0 Å².